The van der Waals surface area contributed by atoms with Crippen LogP contribution in [-0.4, -0.2) is 19.6 Å². The second kappa shape index (κ2) is 25.9. The van der Waals surface area contributed by atoms with Crippen molar-refractivity contribution in [3.05, 3.63) is 0 Å². The van der Waals surface area contributed by atoms with Crippen LogP contribution in [0, 0.1) is 0 Å². The summed E-state index contributed by atoms with van der Waals surface area (Å²) in [5.41, 5.74) is 0. The number of unbranched alkanes of at least 4 members (excludes halogenated alkanes) is 18. The maximum Gasteiger partial charge on any atom is 0.397 e. The molecule has 0 aromatic rings. The zero-order valence-electron chi connectivity index (χ0n) is 19.9. The van der Waals surface area contributed by atoms with Crippen LogP contribution in [0.2, 0.25) is 0 Å². The van der Waals surface area contributed by atoms with E-state index in [0.717, 1.165) is 12.8 Å². The maximum atomic E-state index is 10.3. The molecule has 0 aliphatic heterocycles. The van der Waals surface area contributed by atoms with Gasteiger partial charge in [0.25, 0.3) is 0 Å². The molecule has 0 aliphatic carbocycles. The first-order valence-corrected chi connectivity index (χ1v) is 14.0. The average Bonchev–Trinajstić information content (AvgIpc) is 2.68. The van der Waals surface area contributed by atoms with Crippen molar-refractivity contribution in [3.8, 4) is 0 Å². The Morgan fingerprint density at radius 3 is 0.966 bits per heavy atom. The Morgan fingerprint density at radius 1 is 0.483 bits per heavy atom. The molecule has 5 heteroatoms. The van der Waals surface area contributed by atoms with E-state index >= 15 is 0 Å². The van der Waals surface area contributed by atoms with E-state index in [4.69, 9.17) is 4.55 Å². The average molecular weight is 437 g/mol. The van der Waals surface area contributed by atoms with Crippen LogP contribution in [0.3, 0.4) is 0 Å². The summed E-state index contributed by atoms with van der Waals surface area (Å²) >= 11 is 0. The highest BCUT2D eigenvalue weighted by Crippen LogP contribution is 2.13. The molecule has 0 rings (SSSR count). The Labute approximate surface area is 183 Å². The van der Waals surface area contributed by atoms with Gasteiger partial charge in [0.05, 0.1) is 6.61 Å². The second-order valence-corrected chi connectivity index (χ2v) is 9.35. The number of hydrogen-bond donors (Lipinski definition) is 1. The Kier molecular flexibility index (Phi) is 27.7. The molecule has 0 saturated carbocycles. The molecule has 4 nitrogen and oxygen atoms in total. The third-order valence-corrected chi connectivity index (χ3v) is 5.65. The predicted octanol–water partition coefficient (Wildman–Crippen LogP) is 8.65. The first-order chi connectivity index (χ1) is 14.0. The van der Waals surface area contributed by atoms with E-state index in [0.29, 0.717) is 6.42 Å². The van der Waals surface area contributed by atoms with Gasteiger partial charge in [-0.15, -0.1) is 0 Å². The van der Waals surface area contributed by atoms with Crippen LogP contribution in [0.1, 0.15) is 149 Å². The van der Waals surface area contributed by atoms with Crippen LogP contribution >= 0.6 is 0 Å². The first-order valence-electron chi connectivity index (χ1n) is 12.6. The molecule has 0 atom stereocenters. The van der Waals surface area contributed by atoms with Gasteiger partial charge in [-0.05, 0) is 6.42 Å². The van der Waals surface area contributed by atoms with E-state index in [1.54, 1.807) is 0 Å². The standard InChI is InChI=1S/C16H34O4S.C8H18/c1-2-3-4-5-6-7-8-9-10-11-12-13-14-15-16-20-21(17,18)19;1-3-5-7-8-6-4-2/h2-16H2,1H3,(H,17,18,19);3-8H2,1-2H3. The monoisotopic (exact) mass is 436 g/mol. The van der Waals surface area contributed by atoms with E-state index in [1.165, 1.54) is 109 Å². The zero-order valence-corrected chi connectivity index (χ0v) is 20.7. The fourth-order valence-corrected chi connectivity index (χ4v) is 3.64. The minimum absolute atomic E-state index is 0.0941. The topological polar surface area (TPSA) is 63.6 Å². The van der Waals surface area contributed by atoms with Gasteiger partial charge in [-0.2, -0.15) is 8.42 Å². The molecule has 0 bridgehead atoms. The van der Waals surface area contributed by atoms with E-state index < -0.39 is 10.4 Å². The van der Waals surface area contributed by atoms with Gasteiger partial charge in [0.2, 0.25) is 0 Å². The summed E-state index contributed by atoms with van der Waals surface area (Å²) < 4.78 is 33.2. The SMILES string of the molecule is CCCCCCCC.CCCCCCCCCCCCCCCCOS(=O)(=O)O. The molecule has 0 aromatic heterocycles. The molecular weight excluding hydrogens is 384 g/mol. The summed E-state index contributed by atoms with van der Waals surface area (Å²) in [7, 11) is -4.24. The largest absolute Gasteiger partial charge is 0.397 e. The lowest BCUT2D eigenvalue weighted by Crippen LogP contribution is -2.04. The van der Waals surface area contributed by atoms with Crippen molar-refractivity contribution in [3.63, 3.8) is 0 Å². The molecule has 0 saturated heterocycles. The highest BCUT2D eigenvalue weighted by molar-refractivity contribution is 7.80. The Balaban J connectivity index is 0. The normalized spacial score (nSPS) is 11.3. The van der Waals surface area contributed by atoms with Crippen LogP contribution in [-0.2, 0) is 14.6 Å². The van der Waals surface area contributed by atoms with E-state index in [1.807, 2.05) is 0 Å². The highest BCUT2D eigenvalue weighted by atomic mass is 32.3. The minimum atomic E-state index is -4.24. The number of rotatable bonds is 21. The quantitative estimate of drug-likeness (QED) is 0.144. The van der Waals surface area contributed by atoms with E-state index in [-0.39, 0.29) is 6.61 Å². The summed E-state index contributed by atoms with van der Waals surface area (Å²) in [5, 5.41) is 0. The van der Waals surface area contributed by atoms with Crippen LogP contribution < -0.4 is 0 Å². The summed E-state index contributed by atoms with van der Waals surface area (Å²) in [6.07, 6.45) is 26.1. The fourth-order valence-electron chi connectivity index (χ4n) is 3.31. The molecule has 0 spiro atoms. The lowest BCUT2D eigenvalue weighted by molar-refractivity contribution is 0.261. The molecule has 0 heterocycles. The maximum absolute atomic E-state index is 10.3. The van der Waals surface area contributed by atoms with Crippen molar-refractivity contribution < 1.29 is 17.2 Å². The summed E-state index contributed by atoms with van der Waals surface area (Å²) in [5.74, 6) is 0. The van der Waals surface area contributed by atoms with Gasteiger partial charge in [-0.25, -0.2) is 4.18 Å². The van der Waals surface area contributed by atoms with Crippen molar-refractivity contribution in [2.75, 3.05) is 6.61 Å². The highest BCUT2D eigenvalue weighted by Gasteiger charge is 2.02. The molecule has 0 aromatic carbocycles. The van der Waals surface area contributed by atoms with Gasteiger partial charge < -0.3 is 0 Å². The van der Waals surface area contributed by atoms with Crippen molar-refractivity contribution in [2.45, 2.75) is 149 Å². The molecule has 29 heavy (non-hydrogen) atoms. The molecule has 0 fully saturated rings. The zero-order chi connectivity index (χ0) is 22.1. The van der Waals surface area contributed by atoms with E-state index in [2.05, 4.69) is 25.0 Å². The Morgan fingerprint density at radius 2 is 0.724 bits per heavy atom. The minimum Gasteiger partial charge on any atom is -0.264 e. The fraction of sp³-hybridized carbons (Fsp3) is 1.00. The van der Waals surface area contributed by atoms with Gasteiger partial charge >= 0.3 is 10.4 Å². The third kappa shape index (κ3) is 35.7. The summed E-state index contributed by atoms with van der Waals surface area (Å²) in [6.45, 7) is 6.86. The van der Waals surface area contributed by atoms with Crippen LogP contribution in [0.5, 0.6) is 0 Å². The predicted molar refractivity (Wildman–Crippen MR) is 127 cm³/mol. The molecule has 0 radical (unpaired) electrons. The smallest absolute Gasteiger partial charge is 0.264 e. The van der Waals surface area contributed by atoms with Crippen molar-refractivity contribution in [1.29, 1.82) is 0 Å². The van der Waals surface area contributed by atoms with Gasteiger partial charge in [0, 0.05) is 0 Å². The summed E-state index contributed by atoms with van der Waals surface area (Å²) in [6, 6.07) is 0. The molecule has 1 N–H and O–H groups in total. The molecule has 0 amide bonds. The van der Waals surface area contributed by atoms with Crippen LogP contribution in [0.25, 0.3) is 0 Å². The van der Waals surface area contributed by atoms with Gasteiger partial charge in [-0.1, -0.05) is 143 Å². The van der Waals surface area contributed by atoms with Gasteiger partial charge in [0.15, 0.2) is 0 Å². The molecule has 0 aliphatic rings. The lowest BCUT2D eigenvalue weighted by Gasteiger charge is -2.03. The van der Waals surface area contributed by atoms with Crippen molar-refractivity contribution in [1.82, 2.24) is 0 Å². The van der Waals surface area contributed by atoms with Crippen LogP contribution in [0.4, 0.5) is 0 Å². The molecular formula is C24H52O4S. The second-order valence-electron chi connectivity index (χ2n) is 8.26. The van der Waals surface area contributed by atoms with Gasteiger partial charge in [-0.3, -0.25) is 4.55 Å². The van der Waals surface area contributed by atoms with Crippen LogP contribution in [0.15, 0.2) is 0 Å². The van der Waals surface area contributed by atoms with E-state index in [9.17, 15) is 8.42 Å². The first kappa shape index (κ1) is 31.1. The van der Waals surface area contributed by atoms with Crippen molar-refractivity contribution >= 4 is 10.4 Å². The Hall–Kier alpha value is -0.130. The molecule has 178 valence electrons. The molecule has 0 unspecified atom stereocenters. The van der Waals surface area contributed by atoms with Crippen molar-refractivity contribution in [2.24, 2.45) is 0 Å². The Bertz CT molecular complexity index is 376. The number of hydrogen-bond acceptors (Lipinski definition) is 3. The van der Waals surface area contributed by atoms with Gasteiger partial charge in [0.1, 0.15) is 0 Å². The third-order valence-electron chi connectivity index (χ3n) is 5.19. The summed E-state index contributed by atoms with van der Waals surface area (Å²) in [4.78, 5) is 0. The lowest BCUT2D eigenvalue weighted by atomic mass is 10.0.